The molecule has 0 saturated carbocycles. The Bertz CT molecular complexity index is 715. The lowest BCUT2D eigenvalue weighted by atomic mass is 10.1. The van der Waals surface area contributed by atoms with Crippen LogP contribution < -0.4 is 0 Å². The molecular formula is C18H20FN3O2. The SMILES string of the molecule is O=C(Cc1cccc(F)c1)N1CCCN(C(=O)c2cc[nH]c2)CC1. The van der Waals surface area contributed by atoms with E-state index in [4.69, 9.17) is 0 Å². The number of carbonyl (C=O) groups excluding carboxylic acids is 2. The highest BCUT2D eigenvalue weighted by molar-refractivity contribution is 5.94. The minimum absolute atomic E-state index is 0.0179. The summed E-state index contributed by atoms with van der Waals surface area (Å²) < 4.78 is 13.2. The van der Waals surface area contributed by atoms with E-state index in [9.17, 15) is 14.0 Å². The van der Waals surface area contributed by atoms with Crippen molar-refractivity contribution in [3.05, 3.63) is 59.7 Å². The normalized spacial score (nSPS) is 15.2. The number of aromatic nitrogens is 1. The first-order chi connectivity index (χ1) is 11.6. The molecule has 0 radical (unpaired) electrons. The van der Waals surface area contributed by atoms with Crippen molar-refractivity contribution in [2.24, 2.45) is 0 Å². The number of nitrogens with one attached hydrogen (secondary N) is 1. The fraction of sp³-hybridized carbons (Fsp3) is 0.333. The number of rotatable bonds is 3. The van der Waals surface area contributed by atoms with Gasteiger partial charge in [-0.3, -0.25) is 9.59 Å². The van der Waals surface area contributed by atoms with Crippen LogP contribution in [0.4, 0.5) is 4.39 Å². The zero-order valence-corrected chi connectivity index (χ0v) is 13.4. The fourth-order valence-corrected chi connectivity index (χ4v) is 2.94. The van der Waals surface area contributed by atoms with Crippen molar-refractivity contribution >= 4 is 11.8 Å². The van der Waals surface area contributed by atoms with Crippen molar-refractivity contribution in [1.29, 1.82) is 0 Å². The average Bonchev–Trinajstić information content (AvgIpc) is 2.98. The van der Waals surface area contributed by atoms with E-state index in [0.29, 0.717) is 37.3 Å². The Kier molecular flexibility index (Phi) is 4.93. The van der Waals surface area contributed by atoms with Gasteiger partial charge in [0.25, 0.3) is 5.91 Å². The van der Waals surface area contributed by atoms with E-state index in [1.807, 2.05) is 0 Å². The highest BCUT2D eigenvalue weighted by atomic mass is 19.1. The predicted octanol–water partition coefficient (Wildman–Crippen LogP) is 2.07. The lowest BCUT2D eigenvalue weighted by molar-refractivity contribution is -0.130. The van der Waals surface area contributed by atoms with E-state index in [0.717, 1.165) is 6.42 Å². The van der Waals surface area contributed by atoms with Gasteiger partial charge in [0.05, 0.1) is 12.0 Å². The Hall–Kier alpha value is -2.63. The molecule has 6 heteroatoms. The molecule has 1 N–H and O–H groups in total. The third-order valence-corrected chi connectivity index (χ3v) is 4.23. The summed E-state index contributed by atoms with van der Waals surface area (Å²) in [6.07, 6.45) is 4.33. The lowest BCUT2D eigenvalue weighted by Crippen LogP contribution is -2.37. The van der Waals surface area contributed by atoms with Crippen LogP contribution >= 0.6 is 0 Å². The lowest BCUT2D eigenvalue weighted by Gasteiger charge is -2.22. The summed E-state index contributed by atoms with van der Waals surface area (Å²) in [4.78, 5) is 31.2. The monoisotopic (exact) mass is 329 g/mol. The van der Waals surface area contributed by atoms with Gasteiger partial charge < -0.3 is 14.8 Å². The Labute approximate surface area is 140 Å². The summed E-state index contributed by atoms with van der Waals surface area (Å²) in [5.74, 6) is -0.383. The smallest absolute Gasteiger partial charge is 0.255 e. The number of amides is 2. The van der Waals surface area contributed by atoms with Gasteiger partial charge in [-0.1, -0.05) is 12.1 Å². The van der Waals surface area contributed by atoms with Gasteiger partial charge in [-0.2, -0.15) is 0 Å². The van der Waals surface area contributed by atoms with Crippen LogP contribution in [0.1, 0.15) is 22.3 Å². The minimum atomic E-state index is -0.334. The second-order valence-corrected chi connectivity index (χ2v) is 5.93. The van der Waals surface area contributed by atoms with E-state index < -0.39 is 0 Å². The highest BCUT2D eigenvalue weighted by Crippen LogP contribution is 2.11. The van der Waals surface area contributed by atoms with Gasteiger partial charge in [0, 0.05) is 38.6 Å². The number of H-pyrrole nitrogens is 1. The van der Waals surface area contributed by atoms with Crippen LogP contribution in [0.25, 0.3) is 0 Å². The van der Waals surface area contributed by atoms with Gasteiger partial charge in [0.1, 0.15) is 5.82 Å². The third kappa shape index (κ3) is 3.82. The molecule has 1 aliphatic rings. The maximum atomic E-state index is 13.2. The van der Waals surface area contributed by atoms with Crippen molar-refractivity contribution in [3.8, 4) is 0 Å². The number of hydrogen-bond acceptors (Lipinski definition) is 2. The second kappa shape index (κ2) is 7.29. The number of hydrogen-bond donors (Lipinski definition) is 1. The summed E-state index contributed by atoms with van der Waals surface area (Å²) in [5.41, 5.74) is 1.30. The molecule has 3 rings (SSSR count). The largest absolute Gasteiger partial charge is 0.367 e. The Morgan fingerprint density at radius 3 is 2.62 bits per heavy atom. The summed E-state index contributed by atoms with van der Waals surface area (Å²) in [5, 5.41) is 0. The molecule has 1 saturated heterocycles. The molecule has 0 unspecified atom stereocenters. The molecule has 2 aromatic rings. The van der Waals surface area contributed by atoms with E-state index in [1.54, 1.807) is 40.4 Å². The fourth-order valence-electron chi connectivity index (χ4n) is 2.94. The molecule has 1 aromatic carbocycles. The van der Waals surface area contributed by atoms with Crippen LogP contribution in [0.3, 0.4) is 0 Å². The van der Waals surface area contributed by atoms with Gasteiger partial charge in [0.2, 0.25) is 5.91 Å². The highest BCUT2D eigenvalue weighted by Gasteiger charge is 2.23. The molecule has 1 fully saturated rings. The number of nitrogens with zero attached hydrogens (tertiary/aromatic N) is 2. The number of benzene rings is 1. The van der Waals surface area contributed by atoms with Gasteiger partial charge in [0.15, 0.2) is 0 Å². The molecule has 5 nitrogen and oxygen atoms in total. The first kappa shape index (κ1) is 16.2. The van der Waals surface area contributed by atoms with Crippen molar-refractivity contribution < 1.29 is 14.0 Å². The molecule has 0 spiro atoms. The molecule has 0 atom stereocenters. The quantitative estimate of drug-likeness (QED) is 0.937. The molecule has 2 heterocycles. The van der Waals surface area contributed by atoms with Crippen LogP contribution in [0.5, 0.6) is 0 Å². The number of aromatic amines is 1. The van der Waals surface area contributed by atoms with E-state index in [2.05, 4.69) is 4.98 Å². The van der Waals surface area contributed by atoms with Crippen LogP contribution in [-0.2, 0) is 11.2 Å². The average molecular weight is 329 g/mol. The van der Waals surface area contributed by atoms with Crippen molar-refractivity contribution in [1.82, 2.24) is 14.8 Å². The molecule has 0 aliphatic carbocycles. The molecule has 2 amide bonds. The van der Waals surface area contributed by atoms with Gasteiger partial charge in [-0.05, 0) is 30.2 Å². The first-order valence-corrected chi connectivity index (χ1v) is 8.08. The zero-order valence-electron chi connectivity index (χ0n) is 13.4. The summed E-state index contributed by atoms with van der Waals surface area (Å²) in [7, 11) is 0. The maximum absolute atomic E-state index is 13.2. The van der Waals surface area contributed by atoms with Crippen LogP contribution in [-0.4, -0.2) is 52.8 Å². The van der Waals surface area contributed by atoms with E-state index in [1.165, 1.54) is 12.1 Å². The molecule has 1 aliphatic heterocycles. The summed E-state index contributed by atoms with van der Waals surface area (Å²) in [6.45, 7) is 2.27. The minimum Gasteiger partial charge on any atom is -0.367 e. The summed E-state index contributed by atoms with van der Waals surface area (Å²) >= 11 is 0. The Morgan fingerprint density at radius 1 is 1.08 bits per heavy atom. The molecule has 24 heavy (non-hydrogen) atoms. The zero-order chi connectivity index (χ0) is 16.9. The maximum Gasteiger partial charge on any atom is 0.255 e. The topological polar surface area (TPSA) is 56.4 Å². The molecule has 0 bridgehead atoms. The van der Waals surface area contributed by atoms with Crippen LogP contribution in [0.15, 0.2) is 42.7 Å². The molecule has 1 aromatic heterocycles. The van der Waals surface area contributed by atoms with E-state index in [-0.39, 0.29) is 24.1 Å². The standard InChI is InChI=1S/C18H20FN3O2/c19-16-4-1-3-14(11-16)12-17(23)21-7-2-8-22(10-9-21)18(24)15-5-6-20-13-15/h1,3-6,11,13,20H,2,7-10,12H2. The van der Waals surface area contributed by atoms with Crippen molar-refractivity contribution in [2.75, 3.05) is 26.2 Å². The third-order valence-electron chi connectivity index (χ3n) is 4.23. The van der Waals surface area contributed by atoms with Crippen LogP contribution in [0, 0.1) is 5.82 Å². The Morgan fingerprint density at radius 2 is 1.88 bits per heavy atom. The van der Waals surface area contributed by atoms with Crippen molar-refractivity contribution in [2.45, 2.75) is 12.8 Å². The summed E-state index contributed by atoms with van der Waals surface area (Å²) in [6, 6.07) is 7.86. The van der Waals surface area contributed by atoms with Gasteiger partial charge in [-0.15, -0.1) is 0 Å². The van der Waals surface area contributed by atoms with E-state index >= 15 is 0 Å². The molecular weight excluding hydrogens is 309 g/mol. The van der Waals surface area contributed by atoms with Gasteiger partial charge in [-0.25, -0.2) is 4.39 Å². The number of carbonyl (C=O) groups is 2. The first-order valence-electron chi connectivity index (χ1n) is 8.08. The molecule has 126 valence electrons. The van der Waals surface area contributed by atoms with Crippen LogP contribution in [0.2, 0.25) is 0 Å². The number of halogens is 1. The predicted molar refractivity (Wildman–Crippen MR) is 88.0 cm³/mol. The van der Waals surface area contributed by atoms with Gasteiger partial charge >= 0.3 is 0 Å². The van der Waals surface area contributed by atoms with Crippen molar-refractivity contribution in [3.63, 3.8) is 0 Å². The Balaban J connectivity index is 1.59. The second-order valence-electron chi connectivity index (χ2n) is 5.93.